The number of ether oxygens (including phenoxy) is 1. The Kier molecular flexibility index (Phi) is 7.11. The molecular weight excluding hydrogens is 454 g/mol. The van der Waals surface area contributed by atoms with Crippen molar-refractivity contribution in [1.29, 1.82) is 0 Å². The van der Waals surface area contributed by atoms with Gasteiger partial charge in [-0.15, -0.1) is 0 Å². The van der Waals surface area contributed by atoms with Gasteiger partial charge in [-0.25, -0.2) is 4.79 Å². The molecule has 3 aromatic rings. The van der Waals surface area contributed by atoms with Crippen LogP contribution in [-0.4, -0.2) is 39.4 Å². The maximum absolute atomic E-state index is 13.0. The van der Waals surface area contributed by atoms with Crippen LogP contribution in [0.2, 0.25) is 0 Å². The number of nitrogens with zero attached hydrogens (tertiary/aromatic N) is 2. The number of aromatic nitrogens is 1. The number of fused-ring (bicyclic) bond motifs is 2. The molecule has 1 N–H and O–H groups in total. The largest absolute Gasteiger partial charge is 0.444 e. The van der Waals surface area contributed by atoms with E-state index in [2.05, 4.69) is 17.2 Å². The minimum Gasteiger partial charge on any atom is -0.444 e. The molecule has 0 radical (unpaired) electrons. The maximum Gasteiger partial charge on any atom is 0.412 e. The van der Waals surface area contributed by atoms with Gasteiger partial charge in [-0.05, 0) is 82.9 Å². The Hall–Kier alpha value is -3.74. The van der Waals surface area contributed by atoms with Crippen molar-refractivity contribution in [2.45, 2.75) is 71.9 Å². The Morgan fingerprint density at radius 2 is 1.69 bits per heavy atom. The summed E-state index contributed by atoms with van der Waals surface area (Å²) in [6.07, 6.45) is 2.41. The maximum atomic E-state index is 13.0. The van der Waals surface area contributed by atoms with Gasteiger partial charge < -0.3 is 4.74 Å². The van der Waals surface area contributed by atoms with Gasteiger partial charge in [0, 0.05) is 17.1 Å². The highest BCUT2D eigenvalue weighted by Crippen LogP contribution is 2.29. The molecule has 1 aliphatic heterocycles. The molecule has 0 spiro atoms. The van der Waals surface area contributed by atoms with Gasteiger partial charge in [-0.2, -0.15) is 0 Å². The van der Waals surface area contributed by atoms with Crippen LogP contribution in [0.3, 0.4) is 0 Å². The standard InChI is InChI=1S/C29H33N3O4/c1-6-9-20(32-26(33)21-10-7-8-11-22(21)27(32)34)14-12-19-13-15-24-23(17-19)25(16-18(2)30-24)31-28(35)36-29(3,4)5/h7-8,10-11,13,15-17,20H,6,9,12,14H2,1-5H3,(H,30,31,35). The molecule has 2 aromatic carbocycles. The highest BCUT2D eigenvalue weighted by Gasteiger charge is 2.39. The average molecular weight is 488 g/mol. The van der Waals surface area contributed by atoms with Gasteiger partial charge in [-0.1, -0.05) is 31.5 Å². The number of carbonyl (C=O) groups excluding carboxylic acids is 3. The molecule has 0 aliphatic carbocycles. The van der Waals surface area contributed by atoms with Crippen LogP contribution in [0.15, 0.2) is 48.5 Å². The Morgan fingerprint density at radius 3 is 2.31 bits per heavy atom. The molecule has 0 bridgehead atoms. The predicted molar refractivity (Wildman–Crippen MR) is 140 cm³/mol. The van der Waals surface area contributed by atoms with Gasteiger partial charge in [0.05, 0.1) is 22.3 Å². The summed E-state index contributed by atoms with van der Waals surface area (Å²) < 4.78 is 5.43. The Labute approximate surface area is 211 Å². The number of carbonyl (C=O) groups is 3. The molecule has 0 fully saturated rings. The van der Waals surface area contributed by atoms with Gasteiger partial charge in [0.25, 0.3) is 11.8 Å². The van der Waals surface area contributed by atoms with E-state index in [4.69, 9.17) is 4.74 Å². The van der Waals surface area contributed by atoms with E-state index >= 15 is 0 Å². The Morgan fingerprint density at radius 1 is 1.03 bits per heavy atom. The highest BCUT2D eigenvalue weighted by molar-refractivity contribution is 6.21. The molecule has 7 nitrogen and oxygen atoms in total. The second kappa shape index (κ2) is 10.1. The quantitative estimate of drug-likeness (QED) is 0.396. The molecule has 2 heterocycles. The molecule has 3 amide bonds. The lowest BCUT2D eigenvalue weighted by Crippen LogP contribution is -2.40. The van der Waals surface area contributed by atoms with Crippen LogP contribution in [0.4, 0.5) is 10.5 Å². The zero-order chi connectivity index (χ0) is 26.0. The minimum absolute atomic E-state index is 0.186. The molecule has 0 saturated heterocycles. The molecule has 36 heavy (non-hydrogen) atoms. The van der Waals surface area contributed by atoms with Crippen molar-refractivity contribution in [3.8, 4) is 0 Å². The summed E-state index contributed by atoms with van der Waals surface area (Å²) >= 11 is 0. The van der Waals surface area contributed by atoms with Gasteiger partial charge in [0.15, 0.2) is 0 Å². The summed E-state index contributed by atoms with van der Waals surface area (Å²) in [7, 11) is 0. The number of benzene rings is 2. The monoisotopic (exact) mass is 487 g/mol. The number of rotatable bonds is 7. The van der Waals surface area contributed by atoms with Crippen molar-refractivity contribution >= 4 is 34.5 Å². The molecule has 188 valence electrons. The summed E-state index contributed by atoms with van der Waals surface area (Å²) in [6.45, 7) is 9.40. The molecule has 0 saturated carbocycles. The lowest BCUT2D eigenvalue weighted by molar-refractivity contribution is 0.0565. The third kappa shape index (κ3) is 5.40. The van der Waals surface area contributed by atoms with Crippen molar-refractivity contribution in [3.63, 3.8) is 0 Å². The van der Waals surface area contributed by atoms with E-state index in [0.717, 1.165) is 35.0 Å². The van der Waals surface area contributed by atoms with Crippen LogP contribution in [0.5, 0.6) is 0 Å². The summed E-state index contributed by atoms with van der Waals surface area (Å²) in [5, 5.41) is 3.68. The van der Waals surface area contributed by atoms with E-state index in [0.29, 0.717) is 29.7 Å². The second-order valence-electron chi connectivity index (χ2n) is 10.3. The molecule has 7 heteroatoms. The van der Waals surface area contributed by atoms with Crippen LogP contribution >= 0.6 is 0 Å². The number of nitrogens with one attached hydrogen (secondary N) is 1. The van der Waals surface area contributed by atoms with Gasteiger partial charge in [0.2, 0.25) is 0 Å². The molecule has 4 rings (SSSR count). The van der Waals surface area contributed by atoms with Crippen molar-refractivity contribution < 1.29 is 19.1 Å². The highest BCUT2D eigenvalue weighted by atomic mass is 16.6. The van der Waals surface area contributed by atoms with E-state index < -0.39 is 11.7 Å². The summed E-state index contributed by atoms with van der Waals surface area (Å²) in [5.41, 5.74) is 3.59. The summed E-state index contributed by atoms with van der Waals surface area (Å²) in [4.78, 5) is 44.5. The summed E-state index contributed by atoms with van der Waals surface area (Å²) in [5.74, 6) is -0.424. The van der Waals surface area contributed by atoms with Crippen molar-refractivity contribution in [1.82, 2.24) is 9.88 Å². The first kappa shape index (κ1) is 25.4. The zero-order valence-corrected chi connectivity index (χ0v) is 21.6. The molecule has 1 atom stereocenters. The molecule has 1 unspecified atom stereocenters. The third-order valence-corrected chi connectivity index (χ3v) is 6.22. The predicted octanol–water partition coefficient (Wildman–Crippen LogP) is 6.29. The van der Waals surface area contributed by atoms with Gasteiger partial charge in [0.1, 0.15) is 5.60 Å². The van der Waals surface area contributed by atoms with Crippen LogP contribution in [0.25, 0.3) is 10.9 Å². The van der Waals surface area contributed by atoms with Crippen molar-refractivity contribution in [3.05, 3.63) is 70.9 Å². The minimum atomic E-state index is -0.606. The van der Waals surface area contributed by atoms with Gasteiger partial charge >= 0.3 is 6.09 Å². The number of imide groups is 1. The SMILES string of the molecule is CCCC(CCc1ccc2nc(C)cc(NC(=O)OC(C)(C)C)c2c1)N1C(=O)c2ccccc2C1=O. The van der Waals surface area contributed by atoms with E-state index in [1.54, 1.807) is 24.3 Å². The summed E-state index contributed by atoms with van der Waals surface area (Å²) in [6, 6.07) is 14.6. The van der Waals surface area contributed by atoms with Crippen LogP contribution in [-0.2, 0) is 11.2 Å². The fourth-order valence-electron chi connectivity index (χ4n) is 4.69. The second-order valence-corrected chi connectivity index (χ2v) is 10.3. The smallest absolute Gasteiger partial charge is 0.412 e. The van der Waals surface area contributed by atoms with Crippen LogP contribution in [0, 0.1) is 6.92 Å². The third-order valence-electron chi connectivity index (χ3n) is 6.22. The van der Waals surface area contributed by atoms with E-state index in [1.807, 2.05) is 52.0 Å². The number of amides is 3. The van der Waals surface area contributed by atoms with Crippen LogP contribution < -0.4 is 5.32 Å². The zero-order valence-electron chi connectivity index (χ0n) is 21.6. The molecule has 1 aliphatic rings. The van der Waals surface area contributed by atoms with Crippen molar-refractivity contribution in [2.75, 3.05) is 5.32 Å². The first-order valence-electron chi connectivity index (χ1n) is 12.4. The first-order chi connectivity index (χ1) is 17.1. The average Bonchev–Trinajstić information content (AvgIpc) is 3.06. The number of hydrogen-bond donors (Lipinski definition) is 1. The topological polar surface area (TPSA) is 88.6 Å². The number of hydrogen-bond acceptors (Lipinski definition) is 5. The number of aryl methyl sites for hydroxylation is 2. The fraction of sp³-hybridized carbons (Fsp3) is 0.379. The lowest BCUT2D eigenvalue weighted by Gasteiger charge is -2.26. The number of pyridine rings is 1. The fourth-order valence-corrected chi connectivity index (χ4v) is 4.69. The number of anilines is 1. The molecule has 1 aromatic heterocycles. The van der Waals surface area contributed by atoms with E-state index in [-0.39, 0.29) is 17.9 Å². The van der Waals surface area contributed by atoms with Gasteiger partial charge in [-0.3, -0.25) is 24.8 Å². The van der Waals surface area contributed by atoms with E-state index in [1.165, 1.54) is 4.90 Å². The first-order valence-corrected chi connectivity index (χ1v) is 12.4. The lowest BCUT2D eigenvalue weighted by atomic mass is 9.99. The van der Waals surface area contributed by atoms with Crippen molar-refractivity contribution in [2.24, 2.45) is 0 Å². The molecular formula is C29H33N3O4. The Bertz CT molecular complexity index is 1290. The van der Waals surface area contributed by atoms with E-state index in [9.17, 15) is 14.4 Å². The van der Waals surface area contributed by atoms with Crippen LogP contribution in [0.1, 0.15) is 78.9 Å². The Balaban J connectivity index is 1.56. The normalized spacial score (nSPS) is 14.2.